The maximum atomic E-state index is 12.0. The topological polar surface area (TPSA) is 122 Å². The van der Waals surface area contributed by atoms with E-state index in [1.165, 1.54) is 18.7 Å². The van der Waals surface area contributed by atoms with Crippen molar-refractivity contribution in [2.45, 2.75) is 25.8 Å². The number of hydrogen-bond acceptors (Lipinski definition) is 5. The van der Waals surface area contributed by atoms with Crippen molar-refractivity contribution in [3.8, 4) is 0 Å². The largest absolute Gasteiger partial charge is 0.481 e. The summed E-state index contributed by atoms with van der Waals surface area (Å²) in [5.74, 6) is -0.648. The molecular formula is C12H17N5O4. The molecular weight excluding hydrogens is 278 g/mol. The zero-order valence-electron chi connectivity index (χ0n) is 12.0. The van der Waals surface area contributed by atoms with Crippen molar-refractivity contribution in [2.75, 3.05) is 5.32 Å². The number of H-pyrrole nitrogens is 1. The third-order valence-corrected chi connectivity index (χ3v) is 3.35. The van der Waals surface area contributed by atoms with E-state index >= 15 is 0 Å². The monoisotopic (exact) mass is 295 g/mol. The maximum absolute atomic E-state index is 12.0. The van der Waals surface area contributed by atoms with Crippen LogP contribution in [-0.2, 0) is 18.9 Å². The Hall–Kier alpha value is -2.58. The highest BCUT2D eigenvalue weighted by Gasteiger charge is 2.16. The molecule has 3 N–H and O–H groups in total. The summed E-state index contributed by atoms with van der Waals surface area (Å²) >= 11 is 0. The van der Waals surface area contributed by atoms with E-state index < -0.39 is 17.2 Å². The number of hydrogen-bond donors (Lipinski definition) is 3. The average molecular weight is 295 g/mol. The smallest absolute Gasteiger partial charge is 0.332 e. The maximum Gasteiger partial charge on any atom is 0.332 e. The lowest BCUT2D eigenvalue weighted by atomic mass is 10.1. The Balaban J connectivity index is 2.46. The number of aromatic amines is 1. The van der Waals surface area contributed by atoms with Gasteiger partial charge in [-0.3, -0.25) is 18.7 Å². The molecule has 0 aliphatic rings. The Morgan fingerprint density at radius 3 is 2.62 bits per heavy atom. The first-order valence-corrected chi connectivity index (χ1v) is 6.49. The fraction of sp³-hybridized carbons (Fsp3) is 0.500. The van der Waals surface area contributed by atoms with Gasteiger partial charge >= 0.3 is 11.7 Å². The van der Waals surface area contributed by atoms with Gasteiger partial charge in [-0.1, -0.05) is 6.92 Å². The van der Waals surface area contributed by atoms with Gasteiger partial charge in [-0.15, -0.1) is 0 Å². The summed E-state index contributed by atoms with van der Waals surface area (Å²) in [4.78, 5) is 41.5. The van der Waals surface area contributed by atoms with Crippen molar-refractivity contribution >= 4 is 23.1 Å². The van der Waals surface area contributed by atoms with Gasteiger partial charge in [-0.05, 0) is 6.42 Å². The Bertz CT molecular complexity index is 800. The Morgan fingerprint density at radius 1 is 1.38 bits per heavy atom. The summed E-state index contributed by atoms with van der Waals surface area (Å²) < 4.78 is 2.25. The summed E-state index contributed by atoms with van der Waals surface area (Å²) in [6, 6.07) is -0.316. The number of carboxylic acid groups (broad SMARTS) is 1. The first-order valence-electron chi connectivity index (χ1n) is 6.49. The van der Waals surface area contributed by atoms with Crippen LogP contribution in [0.1, 0.15) is 19.8 Å². The summed E-state index contributed by atoms with van der Waals surface area (Å²) in [5, 5.41) is 11.8. The van der Waals surface area contributed by atoms with Crippen molar-refractivity contribution in [2.24, 2.45) is 14.1 Å². The molecule has 0 saturated carbocycles. The van der Waals surface area contributed by atoms with Gasteiger partial charge < -0.3 is 15.4 Å². The molecule has 2 rings (SSSR count). The molecule has 0 aromatic carbocycles. The quantitative estimate of drug-likeness (QED) is 0.691. The van der Waals surface area contributed by atoms with Gasteiger partial charge in [0.2, 0.25) is 5.95 Å². The molecule has 2 aromatic heterocycles. The molecule has 21 heavy (non-hydrogen) atoms. The normalized spacial score (nSPS) is 12.5. The van der Waals surface area contributed by atoms with Crippen molar-refractivity contribution in [1.82, 2.24) is 19.1 Å². The molecule has 0 aliphatic heterocycles. The standard InChI is InChI=1S/C12H17N5O4/c1-4-6(5-7(18)19)13-11-14-8-9(15-11)16(2)12(21)17(3)10(8)20/h6H,4-5H2,1-3H3,(H,18,19)(H2,13,14,15). The van der Waals surface area contributed by atoms with Crippen LogP contribution in [0.25, 0.3) is 11.2 Å². The van der Waals surface area contributed by atoms with Crippen LogP contribution in [0.3, 0.4) is 0 Å². The van der Waals surface area contributed by atoms with Gasteiger partial charge in [0.15, 0.2) is 11.2 Å². The molecule has 0 bridgehead atoms. The SMILES string of the molecule is CCC(CC(=O)O)Nc1nc2c([nH]1)c(=O)n(C)c(=O)n2C. The minimum atomic E-state index is -0.922. The highest BCUT2D eigenvalue weighted by Crippen LogP contribution is 2.11. The molecule has 0 fully saturated rings. The fourth-order valence-corrected chi connectivity index (χ4v) is 2.10. The van der Waals surface area contributed by atoms with Gasteiger partial charge in [0, 0.05) is 20.1 Å². The number of fused-ring (bicyclic) bond motifs is 1. The molecule has 1 atom stereocenters. The second-order valence-corrected chi connectivity index (χ2v) is 4.84. The number of aromatic nitrogens is 4. The average Bonchev–Trinajstić information content (AvgIpc) is 2.85. The van der Waals surface area contributed by atoms with Crippen molar-refractivity contribution in [3.63, 3.8) is 0 Å². The number of nitrogens with one attached hydrogen (secondary N) is 2. The summed E-state index contributed by atoms with van der Waals surface area (Å²) in [6.45, 7) is 1.85. The van der Waals surface area contributed by atoms with E-state index in [0.717, 1.165) is 4.57 Å². The van der Waals surface area contributed by atoms with Crippen LogP contribution in [0.4, 0.5) is 5.95 Å². The minimum Gasteiger partial charge on any atom is -0.481 e. The number of carboxylic acids is 1. The van der Waals surface area contributed by atoms with E-state index in [4.69, 9.17) is 5.11 Å². The Morgan fingerprint density at radius 2 is 2.05 bits per heavy atom. The number of rotatable bonds is 5. The third-order valence-electron chi connectivity index (χ3n) is 3.35. The van der Waals surface area contributed by atoms with Crippen molar-refractivity contribution in [3.05, 3.63) is 20.8 Å². The van der Waals surface area contributed by atoms with Gasteiger partial charge in [-0.25, -0.2) is 4.79 Å². The molecule has 9 heteroatoms. The lowest BCUT2D eigenvalue weighted by molar-refractivity contribution is -0.137. The first-order chi connectivity index (χ1) is 9.85. The van der Waals surface area contributed by atoms with Crippen molar-refractivity contribution < 1.29 is 9.90 Å². The lowest BCUT2D eigenvalue weighted by Crippen LogP contribution is -2.36. The van der Waals surface area contributed by atoms with Crippen molar-refractivity contribution in [1.29, 1.82) is 0 Å². The van der Waals surface area contributed by atoms with E-state index in [2.05, 4.69) is 15.3 Å². The van der Waals surface area contributed by atoms with E-state index in [1.807, 2.05) is 6.92 Å². The lowest BCUT2D eigenvalue weighted by Gasteiger charge is -2.13. The predicted molar refractivity (Wildman–Crippen MR) is 76.5 cm³/mol. The Labute approximate surface area is 119 Å². The van der Waals surface area contributed by atoms with Crippen LogP contribution < -0.4 is 16.6 Å². The van der Waals surface area contributed by atoms with Gasteiger partial charge in [0.1, 0.15) is 0 Å². The number of anilines is 1. The van der Waals surface area contributed by atoms with E-state index in [1.54, 1.807) is 0 Å². The summed E-state index contributed by atoms with van der Waals surface area (Å²) in [5.41, 5.74) is -0.508. The third kappa shape index (κ3) is 2.67. The number of imidazole rings is 1. The van der Waals surface area contributed by atoms with E-state index in [-0.39, 0.29) is 29.6 Å². The van der Waals surface area contributed by atoms with Crippen LogP contribution in [0.15, 0.2) is 9.59 Å². The summed E-state index contributed by atoms with van der Waals surface area (Å²) in [7, 11) is 2.90. The molecule has 114 valence electrons. The zero-order chi connectivity index (χ0) is 15.7. The van der Waals surface area contributed by atoms with Gasteiger partial charge in [0.05, 0.1) is 6.42 Å². The van der Waals surface area contributed by atoms with E-state index in [0.29, 0.717) is 6.42 Å². The second-order valence-electron chi connectivity index (χ2n) is 4.84. The molecule has 2 heterocycles. The van der Waals surface area contributed by atoms with E-state index in [9.17, 15) is 14.4 Å². The van der Waals surface area contributed by atoms with Crippen LogP contribution in [-0.4, -0.2) is 36.2 Å². The van der Waals surface area contributed by atoms with Crippen LogP contribution in [0, 0.1) is 0 Å². The van der Waals surface area contributed by atoms with Gasteiger partial charge in [0.25, 0.3) is 5.56 Å². The van der Waals surface area contributed by atoms with Crippen LogP contribution in [0.5, 0.6) is 0 Å². The predicted octanol–water partition coefficient (Wildman–Crippen LogP) is -0.374. The summed E-state index contributed by atoms with van der Waals surface area (Å²) in [6.07, 6.45) is 0.519. The molecule has 0 aliphatic carbocycles. The second kappa shape index (κ2) is 5.43. The highest BCUT2D eigenvalue weighted by atomic mass is 16.4. The first kappa shape index (κ1) is 14.8. The zero-order valence-corrected chi connectivity index (χ0v) is 12.0. The number of aryl methyl sites for hydroxylation is 1. The van der Waals surface area contributed by atoms with Crippen LogP contribution in [0.2, 0.25) is 0 Å². The Kier molecular flexibility index (Phi) is 3.83. The molecule has 2 aromatic rings. The van der Waals surface area contributed by atoms with Crippen LogP contribution >= 0.6 is 0 Å². The highest BCUT2D eigenvalue weighted by molar-refractivity contribution is 5.73. The molecule has 0 spiro atoms. The minimum absolute atomic E-state index is 0.0650. The molecule has 0 saturated heterocycles. The molecule has 9 nitrogen and oxygen atoms in total. The molecule has 0 radical (unpaired) electrons. The van der Waals surface area contributed by atoms with Gasteiger partial charge in [-0.2, -0.15) is 4.98 Å². The fourth-order valence-electron chi connectivity index (χ4n) is 2.10. The number of carbonyl (C=O) groups is 1. The molecule has 0 amide bonds. The number of aliphatic carboxylic acids is 1. The number of nitrogens with zero attached hydrogens (tertiary/aromatic N) is 3. The molecule has 1 unspecified atom stereocenters.